The molecule has 2 atom stereocenters. The van der Waals surface area contributed by atoms with Crippen LogP contribution in [0.5, 0.6) is 0 Å². The second-order valence-electron chi connectivity index (χ2n) is 4.98. The minimum Gasteiger partial charge on any atom is -0.394 e. The summed E-state index contributed by atoms with van der Waals surface area (Å²) >= 11 is 0. The van der Waals surface area contributed by atoms with Gasteiger partial charge in [-0.1, -0.05) is 0 Å². The van der Waals surface area contributed by atoms with E-state index in [4.69, 9.17) is 4.74 Å². The molecule has 19 heavy (non-hydrogen) atoms. The van der Waals surface area contributed by atoms with Gasteiger partial charge < -0.3 is 15.2 Å². The van der Waals surface area contributed by atoms with E-state index in [0.717, 1.165) is 17.3 Å². The van der Waals surface area contributed by atoms with E-state index in [9.17, 15) is 5.11 Å². The number of aliphatic hydroxyl groups is 1. The molecule has 2 N–H and O–H groups in total. The Labute approximate surface area is 113 Å². The lowest BCUT2D eigenvalue weighted by molar-refractivity contribution is -0.0811. The van der Waals surface area contributed by atoms with Crippen molar-refractivity contribution in [1.82, 2.24) is 14.9 Å². The molecular weight excluding hydrogens is 244 g/mol. The van der Waals surface area contributed by atoms with E-state index >= 15 is 0 Å². The molecule has 0 radical (unpaired) electrons. The van der Waals surface area contributed by atoms with E-state index in [1.807, 2.05) is 20.0 Å². The van der Waals surface area contributed by atoms with E-state index < -0.39 is 0 Å². The highest BCUT2D eigenvalue weighted by Gasteiger charge is 2.26. The standard InChI is InChI=1S/C13H22N4O2/c1-9-4-12(14-3)16-13(15-9)6-17-5-11(7-18)19-8-10(17)2/h4,10-11,18H,5-8H2,1-3H3,(H,14,15,16). The Hall–Kier alpha value is -1.24. The van der Waals surface area contributed by atoms with Gasteiger partial charge in [0, 0.05) is 31.4 Å². The van der Waals surface area contributed by atoms with Crippen LogP contribution in [0.2, 0.25) is 0 Å². The lowest BCUT2D eigenvalue weighted by Gasteiger charge is -2.36. The second-order valence-corrected chi connectivity index (χ2v) is 4.98. The number of morpholine rings is 1. The number of aromatic nitrogens is 2. The van der Waals surface area contributed by atoms with Crippen molar-refractivity contribution in [3.05, 3.63) is 17.6 Å². The summed E-state index contributed by atoms with van der Waals surface area (Å²) in [6.45, 7) is 6.16. The first-order chi connectivity index (χ1) is 9.12. The predicted octanol–water partition coefficient (Wildman–Crippen LogP) is 0.408. The summed E-state index contributed by atoms with van der Waals surface area (Å²) in [7, 11) is 1.85. The number of ether oxygens (including phenoxy) is 1. The fourth-order valence-electron chi connectivity index (χ4n) is 2.22. The van der Waals surface area contributed by atoms with E-state index in [2.05, 4.69) is 27.1 Å². The highest BCUT2D eigenvalue weighted by molar-refractivity contribution is 5.34. The van der Waals surface area contributed by atoms with Crippen LogP contribution in [-0.4, -0.2) is 58.9 Å². The van der Waals surface area contributed by atoms with Crippen molar-refractivity contribution in [2.75, 3.05) is 32.1 Å². The average Bonchev–Trinajstić information content (AvgIpc) is 2.40. The first kappa shape index (κ1) is 14.2. The van der Waals surface area contributed by atoms with Gasteiger partial charge in [-0.05, 0) is 13.8 Å². The maximum atomic E-state index is 9.19. The molecule has 0 aromatic carbocycles. The van der Waals surface area contributed by atoms with Crippen LogP contribution in [0, 0.1) is 6.92 Å². The quantitative estimate of drug-likeness (QED) is 0.822. The van der Waals surface area contributed by atoms with Gasteiger partial charge in [-0.3, -0.25) is 4.90 Å². The largest absolute Gasteiger partial charge is 0.394 e. The van der Waals surface area contributed by atoms with Crippen LogP contribution in [0.25, 0.3) is 0 Å². The van der Waals surface area contributed by atoms with Crippen molar-refractivity contribution in [3.8, 4) is 0 Å². The van der Waals surface area contributed by atoms with E-state index in [1.54, 1.807) is 0 Å². The van der Waals surface area contributed by atoms with Gasteiger partial charge >= 0.3 is 0 Å². The van der Waals surface area contributed by atoms with Crippen LogP contribution in [0.3, 0.4) is 0 Å². The molecule has 1 aliphatic rings. The highest BCUT2D eigenvalue weighted by Crippen LogP contribution is 2.15. The monoisotopic (exact) mass is 266 g/mol. The van der Waals surface area contributed by atoms with Crippen LogP contribution >= 0.6 is 0 Å². The van der Waals surface area contributed by atoms with Gasteiger partial charge in [0.25, 0.3) is 0 Å². The van der Waals surface area contributed by atoms with Gasteiger partial charge in [-0.2, -0.15) is 0 Å². The first-order valence-electron chi connectivity index (χ1n) is 6.61. The molecule has 0 amide bonds. The molecule has 0 bridgehead atoms. The minimum atomic E-state index is -0.107. The molecule has 2 rings (SSSR count). The molecule has 1 fully saturated rings. The number of anilines is 1. The summed E-state index contributed by atoms with van der Waals surface area (Å²) in [6, 6.07) is 2.23. The maximum absolute atomic E-state index is 9.19. The number of hydrogen-bond acceptors (Lipinski definition) is 6. The molecule has 106 valence electrons. The average molecular weight is 266 g/mol. The van der Waals surface area contributed by atoms with Crippen LogP contribution in [0.1, 0.15) is 18.4 Å². The zero-order valence-electron chi connectivity index (χ0n) is 11.8. The Balaban J connectivity index is 2.08. The third-order valence-electron chi connectivity index (χ3n) is 3.34. The Morgan fingerprint density at radius 1 is 1.53 bits per heavy atom. The molecule has 1 aromatic heterocycles. The van der Waals surface area contributed by atoms with Crippen LogP contribution in [0.4, 0.5) is 5.82 Å². The number of rotatable bonds is 4. The van der Waals surface area contributed by atoms with Gasteiger partial charge in [0.15, 0.2) is 0 Å². The molecule has 0 spiro atoms. The topological polar surface area (TPSA) is 70.5 Å². The Kier molecular flexibility index (Phi) is 4.68. The zero-order valence-corrected chi connectivity index (χ0v) is 11.8. The third kappa shape index (κ3) is 3.62. The Morgan fingerprint density at radius 2 is 2.32 bits per heavy atom. The number of hydrogen-bond donors (Lipinski definition) is 2. The number of aliphatic hydroxyl groups excluding tert-OH is 1. The Bertz CT molecular complexity index is 427. The molecule has 0 saturated carbocycles. The van der Waals surface area contributed by atoms with Crippen molar-refractivity contribution in [1.29, 1.82) is 0 Å². The predicted molar refractivity (Wildman–Crippen MR) is 73.0 cm³/mol. The normalized spacial score (nSPS) is 24.4. The van der Waals surface area contributed by atoms with Crippen molar-refractivity contribution in [3.63, 3.8) is 0 Å². The molecular formula is C13H22N4O2. The van der Waals surface area contributed by atoms with E-state index in [0.29, 0.717) is 25.7 Å². The van der Waals surface area contributed by atoms with Gasteiger partial charge in [-0.15, -0.1) is 0 Å². The summed E-state index contributed by atoms with van der Waals surface area (Å²) in [5.74, 6) is 1.64. The number of nitrogens with zero attached hydrogens (tertiary/aromatic N) is 3. The molecule has 6 nitrogen and oxygen atoms in total. The SMILES string of the molecule is CNc1cc(C)nc(CN2CC(CO)OCC2C)n1. The van der Waals surface area contributed by atoms with Gasteiger partial charge in [0.2, 0.25) is 0 Å². The molecule has 2 unspecified atom stereocenters. The van der Waals surface area contributed by atoms with Gasteiger partial charge in [0.1, 0.15) is 11.6 Å². The molecule has 1 aromatic rings. The molecule has 0 aliphatic carbocycles. The molecule has 1 aliphatic heterocycles. The lowest BCUT2D eigenvalue weighted by atomic mass is 10.2. The zero-order chi connectivity index (χ0) is 13.8. The first-order valence-corrected chi connectivity index (χ1v) is 6.61. The molecule has 2 heterocycles. The molecule has 1 saturated heterocycles. The summed E-state index contributed by atoms with van der Waals surface area (Å²) in [6.07, 6.45) is -0.107. The molecule has 6 heteroatoms. The summed E-state index contributed by atoms with van der Waals surface area (Å²) in [5, 5.41) is 12.2. The fourth-order valence-corrected chi connectivity index (χ4v) is 2.22. The highest BCUT2D eigenvalue weighted by atomic mass is 16.5. The second kappa shape index (κ2) is 6.27. The van der Waals surface area contributed by atoms with Gasteiger partial charge in [-0.25, -0.2) is 9.97 Å². The van der Waals surface area contributed by atoms with Crippen LogP contribution in [0.15, 0.2) is 6.07 Å². The minimum absolute atomic E-state index is 0.0552. The van der Waals surface area contributed by atoms with Crippen molar-refractivity contribution >= 4 is 5.82 Å². The number of aryl methyl sites for hydroxylation is 1. The smallest absolute Gasteiger partial charge is 0.144 e. The lowest BCUT2D eigenvalue weighted by Crippen LogP contribution is -2.49. The maximum Gasteiger partial charge on any atom is 0.144 e. The van der Waals surface area contributed by atoms with E-state index in [1.165, 1.54) is 0 Å². The van der Waals surface area contributed by atoms with Crippen LogP contribution < -0.4 is 5.32 Å². The Morgan fingerprint density at radius 3 is 3.00 bits per heavy atom. The summed E-state index contributed by atoms with van der Waals surface area (Å²) in [5.41, 5.74) is 0.953. The van der Waals surface area contributed by atoms with Crippen molar-refractivity contribution in [2.24, 2.45) is 0 Å². The number of nitrogens with one attached hydrogen (secondary N) is 1. The van der Waals surface area contributed by atoms with Crippen molar-refractivity contribution < 1.29 is 9.84 Å². The van der Waals surface area contributed by atoms with Crippen LogP contribution in [-0.2, 0) is 11.3 Å². The summed E-state index contributed by atoms with van der Waals surface area (Å²) in [4.78, 5) is 11.2. The van der Waals surface area contributed by atoms with Gasteiger partial charge in [0.05, 0.1) is 25.9 Å². The third-order valence-corrected chi connectivity index (χ3v) is 3.34. The summed E-state index contributed by atoms with van der Waals surface area (Å²) < 4.78 is 5.53. The van der Waals surface area contributed by atoms with E-state index in [-0.39, 0.29) is 12.7 Å². The fraction of sp³-hybridized carbons (Fsp3) is 0.692. The van der Waals surface area contributed by atoms with Crippen molar-refractivity contribution in [2.45, 2.75) is 32.5 Å².